The number of alkyl halides is 3. The number of rotatable bonds is 3. The van der Waals surface area contributed by atoms with Crippen LogP contribution in [0.2, 0.25) is 0 Å². The minimum Gasteiger partial charge on any atom is -0.381 e. The number of nitrogens with one attached hydrogen (secondary N) is 1. The molecule has 0 saturated heterocycles. The lowest BCUT2D eigenvalue weighted by Gasteiger charge is -2.12. The van der Waals surface area contributed by atoms with Crippen LogP contribution in [0.4, 0.5) is 32.0 Å². The molecule has 0 aliphatic heterocycles. The second kappa shape index (κ2) is 5.67. The van der Waals surface area contributed by atoms with Crippen LogP contribution in [-0.2, 0) is 12.7 Å². The molecule has 1 N–H and O–H groups in total. The molecule has 7 heteroatoms. The molecule has 112 valence electrons. The number of halogens is 6. The van der Waals surface area contributed by atoms with E-state index in [1.165, 1.54) is 0 Å². The first-order valence-corrected chi connectivity index (χ1v) is 5.82. The van der Waals surface area contributed by atoms with Crippen LogP contribution in [-0.4, -0.2) is 0 Å². The predicted molar refractivity (Wildman–Crippen MR) is 65.1 cm³/mol. The lowest BCUT2D eigenvalue weighted by atomic mass is 10.1. The topological polar surface area (TPSA) is 12.0 Å². The Morgan fingerprint density at radius 2 is 1.52 bits per heavy atom. The van der Waals surface area contributed by atoms with Gasteiger partial charge in [0.25, 0.3) is 0 Å². The van der Waals surface area contributed by atoms with Crippen molar-refractivity contribution in [1.29, 1.82) is 0 Å². The summed E-state index contributed by atoms with van der Waals surface area (Å²) in [5.41, 5.74) is -1.52. The minimum atomic E-state index is -4.83. The van der Waals surface area contributed by atoms with Crippen LogP contribution in [0, 0.1) is 17.5 Å². The van der Waals surface area contributed by atoms with E-state index in [1.54, 1.807) is 0 Å². The molecule has 0 atom stereocenters. The van der Waals surface area contributed by atoms with Crippen molar-refractivity contribution in [2.75, 3.05) is 5.32 Å². The molecule has 0 aliphatic carbocycles. The molecule has 1 nitrogen and oxygen atoms in total. The Bertz CT molecular complexity index is 650. The first kappa shape index (κ1) is 15.2. The van der Waals surface area contributed by atoms with Crippen molar-refractivity contribution in [2.45, 2.75) is 12.7 Å². The van der Waals surface area contributed by atoms with Crippen molar-refractivity contribution >= 4 is 5.69 Å². The zero-order valence-corrected chi connectivity index (χ0v) is 10.4. The van der Waals surface area contributed by atoms with Crippen LogP contribution in [0.5, 0.6) is 0 Å². The zero-order chi connectivity index (χ0) is 15.6. The van der Waals surface area contributed by atoms with Gasteiger partial charge in [-0.15, -0.1) is 0 Å². The number of hydrogen-bond donors (Lipinski definition) is 1. The molecule has 0 spiro atoms. The highest BCUT2D eigenvalue weighted by Crippen LogP contribution is 2.33. The molecule has 0 aliphatic rings. The lowest BCUT2D eigenvalue weighted by Crippen LogP contribution is -2.09. The van der Waals surface area contributed by atoms with Crippen molar-refractivity contribution < 1.29 is 26.3 Å². The molecule has 2 aromatic carbocycles. The summed E-state index contributed by atoms with van der Waals surface area (Å²) in [6.07, 6.45) is -4.83. The van der Waals surface area contributed by atoms with Crippen molar-refractivity contribution in [3.63, 3.8) is 0 Å². The van der Waals surface area contributed by atoms with E-state index in [4.69, 9.17) is 0 Å². The molecule has 0 radical (unpaired) electrons. The maximum absolute atomic E-state index is 13.4. The molecule has 0 amide bonds. The van der Waals surface area contributed by atoms with Crippen LogP contribution in [0.1, 0.15) is 11.1 Å². The van der Waals surface area contributed by atoms with Gasteiger partial charge in [0.1, 0.15) is 17.5 Å². The summed E-state index contributed by atoms with van der Waals surface area (Å²) in [5.74, 6) is -2.75. The molecule has 2 aromatic rings. The summed E-state index contributed by atoms with van der Waals surface area (Å²) < 4.78 is 77.0. The average Bonchev–Trinajstić information content (AvgIpc) is 2.40. The van der Waals surface area contributed by atoms with Crippen LogP contribution in [0.25, 0.3) is 0 Å². The Morgan fingerprint density at radius 3 is 2.19 bits per heavy atom. The van der Waals surface area contributed by atoms with E-state index < -0.39 is 29.2 Å². The van der Waals surface area contributed by atoms with Crippen molar-refractivity contribution in [3.05, 3.63) is 65.0 Å². The van der Waals surface area contributed by atoms with E-state index in [1.807, 2.05) is 0 Å². The zero-order valence-electron chi connectivity index (χ0n) is 10.4. The molecule has 0 fully saturated rings. The first-order chi connectivity index (χ1) is 9.77. The van der Waals surface area contributed by atoms with Gasteiger partial charge in [-0.05, 0) is 36.4 Å². The highest BCUT2D eigenvalue weighted by Gasteiger charge is 2.34. The molecule has 0 saturated carbocycles. The van der Waals surface area contributed by atoms with Crippen LogP contribution >= 0.6 is 0 Å². The fourth-order valence-corrected chi connectivity index (χ4v) is 1.73. The van der Waals surface area contributed by atoms with Gasteiger partial charge in [0, 0.05) is 17.8 Å². The number of hydrogen-bond acceptors (Lipinski definition) is 1. The molecule has 2 rings (SSSR count). The molecule has 0 unspecified atom stereocenters. The van der Waals surface area contributed by atoms with Crippen molar-refractivity contribution in [3.8, 4) is 0 Å². The maximum atomic E-state index is 13.4. The van der Waals surface area contributed by atoms with Crippen molar-refractivity contribution in [1.82, 2.24) is 0 Å². The standard InChI is InChI=1S/C14H9F6N/c15-9-1-3-12(16)8(5-9)7-21-10-2-4-13(17)11(6-10)14(18,19)20/h1-6,21H,7H2. The molecule has 0 heterocycles. The molecule has 21 heavy (non-hydrogen) atoms. The van der Waals surface area contributed by atoms with E-state index in [2.05, 4.69) is 5.32 Å². The molecular weight excluding hydrogens is 296 g/mol. The highest BCUT2D eigenvalue weighted by molar-refractivity contribution is 5.47. The quantitative estimate of drug-likeness (QED) is 0.808. The monoisotopic (exact) mass is 305 g/mol. The first-order valence-electron chi connectivity index (χ1n) is 5.82. The van der Waals surface area contributed by atoms with Gasteiger partial charge in [0.05, 0.1) is 5.56 Å². The highest BCUT2D eigenvalue weighted by atomic mass is 19.4. The molecule has 0 aromatic heterocycles. The fraction of sp³-hybridized carbons (Fsp3) is 0.143. The Hall–Kier alpha value is -2.18. The predicted octanol–water partition coefficient (Wildman–Crippen LogP) is 4.73. The van der Waals surface area contributed by atoms with Crippen LogP contribution in [0.3, 0.4) is 0 Å². The van der Waals surface area contributed by atoms with E-state index in [0.717, 1.165) is 24.3 Å². The fourth-order valence-electron chi connectivity index (χ4n) is 1.73. The van der Waals surface area contributed by atoms with Gasteiger partial charge < -0.3 is 5.32 Å². The Balaban J connectivity index is 2.19. The third-order valence-corrected chi connectivity index (χ3v) is 2.76. The smallest absolute Gasteiger partial charge is 0.381 e. The van der Waals surface area contributed by atoms with Crippen molar-refractivity contribution in [2.24, 2.45) is 0 Å². The maximum Gasteiger partial charge on any atom is 0.419 e. The summed E-state index contributed by atoms with van der Waals surface area (Å²) in [7, 11) is 0. The van der Waals surface area contributed by atoms with Gasteiger partial charge in [-0.1, -0.05) is 0 Å². The van der Waals surface area contributed by atoms with E-state index >= 15 is 0 Å². The van der Waals surface area contributed by atoms with Gasteiger partial charge in [0.15, 0.2) is 0 Å². The number of benzene rings is 2. The van der Waals surface area contributed by atoms with Gasteiger partial charge in [-0.3, -0.25) is 0 Å². The minimum absolute atomic E-state index is 0.0483. The van der Waals surface area contributed by atoms with Gasteiger partial charge >= 0.3 is 6.18 Å². The third kappa shape index (κ3) is 3.68. The normalized spacial score (nSPS) is 11.5. The summed E-state index contributed by atoms with van der Waals surface area (Å²) in [5, 5.41) is 2.50. The third-order valence-electron chi connectivity index (χ3n) is 2.76. The van der Waals surface area contributed by atoms with Gasteiger partial charge in [-0.2, -0.15) is 13.2 Å². The van der Waals surface area contributed by atoms with Gasteiger partial charge in [-0.25, -0.2) is 13.2 Å². The van der Waals surface area contributed by atoms with E-state index in [-0.39, 0.29) is 17.8 Å². The number of anilines is 1. The Labute approximate surface area is 116 Å². The second-order valence-electron chi connectivity index (χ2n) is 4.28. The van der Waals surface area contributed by atoms with E-state index in [9.17, 15) is 26.3 Å². The Morgan fingerprint density at radius 1 is 0.857 bits per heavy atom. The Kier molecular flexibility index (Phi) is 4.11. The summed E-state index contributed by atoms with van der Waals surface area (Å²) in [6, 6.07) is 5.09. The molecular formula is C14H9F6N. The lowest BCUT2D eigenvalue weighted by molar-refractivity contribution is -0.139. The summed E-state index contributed by atoms with van der Waals surface area (Å²) in [6.45, 7) is -0.230. The SMILES string of the molecule is Fc1ccc(F)c(CNc2ccc(F)c(C(F)(F)F)c2)c1. The van der Waals surface area contributed by atoms with E-state index in [0.29, 0.717) is 12.1 Å². The second-order valence-corrected chi connectivity index (χ2v) is 4.28. The summed E-state index contributed by atoms with van der Waals surface area (Å²) >= 11 is 0. The molecule has 0 bridgehead atoms. The van der Waals surface area contributed by atoms with Gasteiger partial charge in [0.2, 0.25) is 0 Å². The largest absolute Gasteiger partial charge is 0.419 e. The van der Waals surface area contributed by atoms with Crippen LogP contribution < -0.4 is 5.32 Å². The van der Waals surface area contributed by atoms with Crippen LogP contribution in [0.15, 0.2) is 36.4 Å². The average molecular weight is 305 g/mol. The summed E-state index contributed by atoms with van der Waals surface area (Å²) in [4.78, 5) is 0.